The number of likely N-dealkylation sites (tertiary alicyclic amines) is 1. The van der Waals surface area contributed by atoms with Crippen molar-refractivity contribution < 1.29 is 5.11 Å². The Morgan fingerprint density at radius 1 is 1.46 bits per heavy atom. The molecule has 1 aromatic heterocycles. The average Bonchev–Trinajstić information content (AvgIpc) is 3.13. The molecular formula is C19H35IN4OS. The molecule has 5 nitrogen and oxygen atoms in total. The lowest BCUT2D eigenvalue weighted by atomic mass is 9.97. The van der Waals surface area contributed by atoms with Crippen molar-refractivity contribution >= 4 is 41.3 Å². The number of hydrogen-bond acceptors (Lipinski definition) is 4. The van der Waals surface area contributed by atoms with Crippen molar-refractivity contribution in [2.24, 2.45) is 10.9 Å². The van der Waals surface area contributed by atoms with Crippen LogP contribution in [0.5, 0.6) is 0 Å². The first-order valence-corrected chi connectivity index (χ1v) is 10.3. The molecule has 2 unspecified atom stereocenters. The molecule has 0 saturated carbocycles. The Bertz CT molecular complexity index is 534. The molecule has 1 saturated heterocycles. The highest BCUT2D eigenvalue weighted by Gasteiger charge is 2.24. The van der Waals surface area contributed by atoms with Gasteiger partial charge in [0.2, 0.25) is 0 Å². The van der Waals surface area contributed by atoms with Gasteiger partial charge in [0.1, 0.15) is 5.60 Å². The third-order valence-corrected chi connectivity index (χ3v) is 5.90. The third kappa shape index (κ3) is 7.32. The number of aliphatic imine (C=N–C) groups is 1. The van der Waals surface area contributed by atoms with E-state index in [0.717, 1.165) is 30.5 Å². The number of thiophene rings is 1. The van der Waals surface area contributed by atoms with Crippen molar-refractivity contribution in [2.75, 3.05) is 32.7 Å². The maximum Gasteiger partial charge on any atom is 0.191 e. The molecule has 0 amide bonds. The number of piperidine rings is 1. The fourth-order valence-corrected chi connectivity index (χ4v) is 3.99. The highest BCUT2D eigenvalue weighted by atomic mass is 127. The molecule has 0 spiro atoms. The largest absolute Gasteiger partial charge is 0.383 e. The van der Waals surface area contributed by atoms with Crippen molar-refractivity contribution in [1.82, 2.24) is 15.5 Å². The Kier molecular flexibility index (Phi) is 10.4. The Labute approximate surface area is 179 Å². The second-order valence-corrected chi connectivity index (χ2v) is 8.37. The van der Waals surface area contributed by atoms with Gasteiger partial charge in [0.15, 0.2) is 5.96 Å². The second kappa shape index (κ2) is 11.5. The highest BCUT2D eigenvalue weighted by molar-refractivity contribution is 14.0. The Morgan fingerprint density at radius 2 is 2.23 bits per heavy atom. The average molecular weight is 494 g/mol. The number of rotatable bonds is 7. The van der Waals surface area contributed by atoms with Gasteiger partial charge in [0.05, 0.1) is 6.54 Å². The van der Waals surface area contributed by atoms with Crippen LogP contribution < -0.4 is 10.6 Å². The van der Waals surface area contributed by atoms with Crippen LogP contribution in [0.25, 0.3) is 0 Å². The first-order valence-electron chi connectivity index (χ1n) is 9.45. The molecular weight excluding hydrogens is 459 g/mol. The number of hydrogen-bond donors (Lipinski definition) is 3. The molecule has 2 heterocycles. The summed E-state index contributed by atoms with van der Waals surface area (Å²) in [6, 6.07) is 4.54. The van der Waals surface area contributed by atoms with E-state index in [1.165, 1.54) is 19.4 Å². The van der Waals surface area contributed by atoms with Crippen LogP contribution in [0, 0.1) is 5.92 Å². The molecule has 7 heteroatoms. The SMILES string of the molecule is CCNC(=NCC(C)(O)c1cccs1)NCC1CCCN(C(C)C)C1.I. The van der Waals surface area contributed by atoms with E-state index in [4.69, 9.17) is 0 Å². The summed E-state index contributed by atoms with van der Waals surface area (Å²) in [6.07, 6.45) is 2.54. The summed E-state index contributed by atoms with van der Waals surface area (Å²) in [6.45, 7) is 12.9. The van der Waals surface area contributed by atoms with Gasteiger partial charge in [-0.3, -0.25) is 0 Å². The zero-order valence-electron chi connectivity index (χ0n) is 16.5. The van der Waals surface area contributed by atoms with Crippen molar-refractivity contribution in [3.8, 4) is 0 Å². The Morgan fingerprint density at radius 3 is 2.85 bits per heavy atom. The fourth-order valence-electron chi connectivity index (χ4n) is 3.21. The molecule has 1 aliphatic rings. The number of halogens is 1. The van der Waals surface area contributed by atoms with E-state index in [2.05, 4.69) is 41.3 Å². The van der Waals surface area contributed by atoms with Crippen LogP contribution >= 0.6 is 35.3 Å². The first-order chi connectivity index (χ1) is 11.9. The standard InChI is InChI=1S/C19H34N4OS.HI/c1-5-20-18(22-14-19(4,24)17-9-7-11-25-17)21-12-16-8-6-10-23(13-16)15(2)3;/h7,9,11,15-16,24H,5-6,8,10,12-14H2,1-4H3,(H2,20,21,22);1H. The van der Waals surface area contributed by atoms with E-state index in [-0.39, 0.29) is 24.0 Å². The number of aliphatic hydroxyl groups is 1. The highest BCUT2D eigenvalue weighted by Crippen LogP contribution is 2.25. The zero-order valence-corrected chi connectivity index (χ0v) is 19.6. The number of nitrogens with zero attached hydrogens (tertiary/aromatic N) is 2. The van der Waals surface area contributed by atoms with E-state index in [1.807, 2.05) is 24.4 Å². The summed E-state index contributed by atoms with van der Waals surface area (Å²) < 4.78 is 0. The quantitative estimate of drug-likeness (QED) is 0.310. The molecule has 150 valence electrons. The molecule has 1 aliphatic heterocycles. The van der Waals surface area contributed by atoms with Crippen molar-refractivity contribution in [1.29, 1.82) is 0 Å². The van der Waals surface area contributed by atoms with Crippen LogP contribution in [0.3, 0.4) is 0 Å². The third-order valence-electron chi connectivity index (χ3n) is 4.78. The lowest BCUT2D eigenvalue weighted by Gasteiger charge is -2.35. The minimum atomic E-state index is -0.921. The summed E-state index contributed by atoms with van der Waals surface area (Å²) in [5.41, 5.74) is -0.921. The van der Waals surface area contributed by atoms with E-state index in [9.17, 15) is 5.11 Å². The molecule has 2 atom stereocenters. The Hall–Kier alpha value is -0.380. The second-order valence-electron chi connectivity index (χ2n) is 7.42. The monoisotopic (exact) mass is 494 g/mol. The van der Waals surface area contributed by atoms with Crippen LogP contribution in [-0.4, -0.2) is 54.7 Å². The maximum atomic E-state index is 10.6. The van der Waals surface area contributed by atoms with E-state index in [0.29, 0.717) is 18.5 Å². The van der Waals surface area contributed by atoms with Gasteiger partial charge >= 0.3 is 0 Å². The van der Waals surface area contributed by atoms with Gasteiger partial charge in [-0.1, -0.05) is 6.07 Å². The summed E-state index contributed by atoms with van der Waals surface area (Å²) in [5.74, 6) is 1.44. The lowest BCUT2D eigenvalue weighted by Crippen LogP contribution is -2.46. The molecule has 2 rings (SSSR count). The summed E-state index contributed by atoms with van der Waals surface area (Å²) in [5, 5.41) is 19.4. The van der Waals surface area contributed by atoms with Gasteiger partial charge in [-0.05, 0) is 64.4 Å². The van der Waals surface area contributed by atoms with E-state index in [1.54, 1.807) is 11.3 Å². The Balaban J connectivity index is 0.00000338. The van der Waals surface area contributed by atoms with E-state index >= 15 is 0 Å². The minimum absolute atomic E-state index is 0. The van der Waals surface area contributed by atoms with Crippen LogP contribution in [0.2, 0.25) is 0 Å². The smallest absolute Gasteiger partial charge is 0.191 e. The predicted molar refractivity (Wildman–Crippen MR) is 123 cm³/mol. The fraction of sp³-hybridized carbons (Fsp3) is 0.737. The van der Waals surface area contributed by atoms with Crippen LogP contribution in [0.1, 0.15) is 45.4 Å². The first kappa shape index (κ1) is 23.7. The van der Waals surface area contributed by atoms with Gasteiger partial charge in [-0.2, -0.15) is 0 Å². The number of nitrogens with one attached hydrogen (secondary N) is 2. The van der Waals surface area contributed by atoms with Gasteiger partial charge in [0, 0.05) is 30.6 Å². The lowest BCUT2D eigenvalue weighted by molar-refractivity contribution is 0.0711. The van der Waals surface area contributed by atoms with Gasteiger partial charge in [-0.15, -0.1) is 35.3 Å². The molecule has 0 aromatic carbocycles. The predicted octanol–water partition coefficient (Wildman–Crippen LogP) is 3.25. The van der Waals surface area contributed by atoms with Crippen molar-refractivity contribution in [3.05, 3.63) is 22.4 Å². The molecule has 26 heavy (non-hydrogen) atoms. The summed E-state index contributed by atoms with van der Waals surface area (Å²) in [4.78, 5) is 8.13. The van der Waals surface area contributed by atoms with Crippen molar-refractivity contribution in [2.45, 2.75) is 52.2 Å². The molecule has 1 fully saturated rings. The number of guanidine groups is 1. The van der Waals surface area contributed by atoms with Crippen LogP contribution in [0.15, 0.2) is 22.5 Å². The van der Waals surface area contributed by atoms with Gasteiger partial charge < -0.3 is 20.6 Å². The zero-order chi connectivity index (χ0) is 18.3. The molecule has 1 aromatic rings. The normalized spacial score (nSPS) is 21.2. The van der Waals surface area contributed by atoms with Crippen LogP contribution in [-0.2, 0) is 5.60 Å². The maximum absolute atomic E-state index is 10.6. The topological polar surface area (TPSA) is 59.9 Å². The van der Waals surface area contributed by atoms with Crippen LogP contribution in [0.4, 0.5) is 0 Å². The molecule has 0 radical (unpaired) electrons. The minimum Gasteiger partial charge on any atom is -0.383 e. The molecule has 0 aliphatic carbocycles. The van der Waals surface area contributed by atoms with Gasteiger partial charge in [0.25, 0.3) is 0 Å². The van der Waals surface area contributed by atoms with Crippen molar-refractivity contribution in [3.63, 3.8) is 0 Å². The van der Waals surface area contributed by atoms with E-state index < -0.39 is 5.60 Å². The van der Waals surface area contributed by atoms with Gasteiger partial charge in [-0.25, -0.2) is 4.99 Å². The summed E-state index contributed by atoms with van der Waals surface area (Å²) in [7, 11) is 0. The molecule has 0 bridgehead atoms. The molecule has 3 N–H and O–H groups in total. The summed E-state index contributed by atoms with van der Waals surface area (Å²) >= 11 is 1.57.